The molecule has 0 bridgehead atoms. The number of fused-ring (bicyclic) bond motifs is 3. The van der Waals surface area contributed by atoms with Gasteiger partial charge in [-0.15, -0.1) is 0 Å². The number of hydrogen-bond donors (Lipinski definition) is 2. The van der Waals surface area contributed by atoms with Crippen molar-refractivity contribution in [2.24, 2.45) is 0 Å². The fourth-order valence-corrected chi connectivity index (χ4v) is 3.90. The number of para-hydroxylation sites is 2. The van der Waals surface area contributed by atoms with Gasteiger partial charge in [0, 0.05) is 44.6 Å². The third-order valence-electron chi connectivity index (χ3n) is 5.04. The Hall–Kier alpha value is -3.29. The summed E-state index contributed by atoms with van der Waals surface area (Å²) in [5.74, 6) is 0. The SMILES string of the molecule is PNc1ccc2[nH]c3ccc(N(c4ccccc4)c4ccccc4)cc3c2c1. The van der Waals surface area contributed by atoms with Crippen molar-refractivity contribution in [2.45, 2.75) is 0 Å². The molecule has 0 fully saturated rings. The number of nitrogens with zero attached hydrogens (tertiary/aromatic N) is 1. The van der Waals surface area contributed by atoms with Crippen LogP contribution in [0.25, 0.3) is 21.8 Å². The van der Waals surface area contributed by atoms with Gasteiger partial charge in [-0.3, -0.25) is 0 Å². The lowest BCUT2D eigenvalue weighted by atomic mass is 10.1. The molecule has 4 heteroatoms. The highest BCUT2D eigenvalue weighted by atomic mass is 31.0. The molecular weight excluding hydrogens is 361 g/mol. The largest absolute Gasteiger partial charge is 0.369 e. The maximum atomic E-state index is 3.52. The summed E-state index contributed by atoms with van der Waals surface area (Å²) >= 11 is 0. The van der Waals surface area contributed by atoms with E-state index < -0.39 is 0 Å². The van der Waals surface area contributed by atoms with E-state index in [0.717, 1.165) is 33.8 Å². The molecule has 5 aromatic rings. The van der Waals surface area contributed by atoms with Gasteiger partial charge in [-0.1, -0.05) is 36.4 Å². The maximum absolute atomic E-state index is 3.52. The number of rotatable bonds is 4. The van der Waals surface area contributed by atoms with Gasteiger partial charge in [-0.25, -0.2) is 0 Å². The lowest BCUT2D eigenvalue weighted by Crippen LogP contribution is -2.09. The summed E-state index contributed by atoms with van der Waals surface area (Å²) in [6.45, 7) is 0. The number of aromatic amines is 1. The Morgan fingerprint density at radius 1 is 0.607 bits per heavy atom. The summed E-state index contributed by atoms with van der Waals surface area (Å²) < 4.78 is 0. The number of benzene rings is 4. The summed E-state index contributed by atoms with van der Waals surface area (Å²) in [6.07, 6.45) is 0. The fourth-order valence-electron chi connectivity index (χ4n) is 3.72. The molecule has 2 N–H and O–H groups in total. The average Bonchev–Trinajstić information content (AvgIpc) is 3.13. The van der Waals surface area contributed by atoms with Gasteiger partial charge in [0.2, 0.25) is 0 Å². The van der Waals surface area contributed by atoms with Gasteiger partial charge >= 0.3 is 0 Å². The normalized spacial score (nSPS) is 11.0. The molecule has 1 unspecified atom stereocenters. The Morgan fingerprint density at radius 2 is 1.18 bits per heavy atom. The first-order valence-electron chi connectivity index (χ1n) is 9.26. The molecule has 136 valence electrons. The minimum absolute atomic E-state index is 1.08. The Labute approximate surface area is 166 Å². The van der Waals surface area contributed by atoms with Crippen molar-refractivity contribution < 1.29 is 0 Å². The summed E-state index contributed by atoms with van der Waals surface area (Å²) in [4.78, 5) is 5.81. The van der Waals surface area contributed by atoms with E-state index in [1.165, 1.54) is 10.8 Å². The molecule has 5 rings (SSSR count). The molecule has 4 aromatic carbocycles. The van der Waals surface area contributed by atoms with E-state index in [1.807, 2.05) is 12.1 Å². The number of hydrogen-bond acceptors (Lipinski definition) is 2. The number of aromatic nitrogens is 1. The average molecular weight is 381 g/mol. The highest BCUT2D eigenvalue weighted by Gasteiger charge is 2.14. The van der Waals surface area contributed by atoms with Crippen molar-refractivity contribution >= 4 is 53.9 Å². The Morgan fingerprint density at radius 3 is 1.79 bits per heavy atom. The van der Waals surface area contributed by atoms with Crippen LogP contribution < -0.4 is 9.99 Å². The van der Waals surface area contributed by atoms with Crippen LogP contribution in [0.15, 0.2) is 97.1 Å². The summed E-state index contributed by atoms with van der Waals surface area (Å²) in [6, 6.07) is 33.9. The standard InChI is InChI=1S/C24H20N3P/c28-26-17-11-13-23-21(15-17)22-16-20(12-14-24(22)25-23)27(18-7-3-1-4-8-18)19-9-5-2-6-10-19/h1-16,25-26H,28H2. The first-order chi connectivity index (χ1) is 13.8. The van der Waals surface area contributed by atoms with Crippen molar-refractivity contribution in [2.75, 3.05) is 9.99 Å². The Kier molecular flexibility index (Phi) is 4.23. The van der Waals surface area contributed by atoms with Crippen LogP contribution in [-0.4, -0.2) is 4.98 Å². The zero-order valence-electron chi connectivity index (χ0n) is 15.3. The molecule has 0 saturated heterocycles. The van der Waals surface area contributed by atoms with Crippen LogP contribution in [0.5, 0.6) is 0 Å². The summed E-state index contributed by atoms with van der Waals surface area (Å²) in [5.41, 5.74) is 6.77. The molecule has 28 heavy (non-hydrogen) atoms. The summed E-state index contributed by atoms with van der Waals surface area (Å²) in [5, 5.41) is 5.58. The lowest BCUT2D eigenvalue weighted by molar-refractivity contribution is 1.29. The predicted octanol–water partition coefficient (Wildman–Crippen LogP) is 6.99. The fraction of sp³-hybridized carbons (Fsp3) is 0. The molecule has 1 heterocycles. The van der Waals surface area contributed by atoms with E-state index in [0.29, 0.717) is 0 Å². The van der Waals surface area contributed by atoms with Crippen molar-refractivity contribution in [1.82, 2.24) is 4.98 Å². The molecule has 0 aliphatic heterocycles. The van der Waals surface area contributed by atoms with Crippen molar-refractivity contribution in [3.05, 3.63) is 97.1 Å². The number of H-pyrrole nitrogens is 1. The maximum Gasteiger partial charge on any atom is 0.0469 e. The van der Waals surface area contributed by atoms with Crippen LogP contribution >= 0.6 is 9.39 Å². The highest BCUT2D eigenvalue weighted by molar-refractivity contribution is 7.18. The first kappa shape index (κ1) is 16.9. The second kappa shape index (κ2) is 7.03. The Balaban J connectivity index is 1.73. The van der Waals surface area contributed by atoms with E-state index in [2.05, 4.69) is 109 Å². The van der Waals surface area contributed by atoms with Gasteiger partial charge in [0.15, 0.2) is 0 Å². The molecule has 0 radical (unpaired) electrons. The van der Waals surface area contributed by atoms with Crippen LogP contribution in [0.4, 0.5) is 22.7 Å². The lowest BCUT2D eigenvalue weighted by Gasteiger charge is -2.25. The number of anilines is 4. The molecular formula is C24H20N3P. The van der Waals surface area contributed by atoms with E-state index >= 15 is 0 Å². The molecule has 0 saturated carbocycles. The highest BCUT2D eigenvalue weighted by Crippen LogP contribution is 2.37. The monoisotopic (exact) mass is 381 g/mol. The van der Waals surface area contributed by atoms with Crippen LogP contribution in [0.2, 0.25) is 0 Å². The molecule has 0 amide bonds. The van der Waals surface area contributed by atoms with Crippen LogP contribution in [0.1, 0.15) is 0 Å². The first-order valence-corrected chi connectivity index (χ1v) is 9.83. The zero-order chi connectivity index (χ0) is 18.9. The van der Waals surface area contributed by atoms with Gasteiger partial charge in [-0.2, -0.15) is 0 Å². The van der Waals surface area contributed by atoms with E-state index in [1.54, 1.807) is 0 Å². The molecule has 1 aromatic heterocycles. The van der Waals surface area contributed by atoms with Gasteiger partial charge in [0.25, 0.3) is 0 Å². The van der Waals surface area contributed by atoms with Crippen molar-refractivity contribution in [1.29, 1.82) is 0 Å². The summed E-state index contributed by atoms with van der Waals surface area (Å²) in [7, 11) is 2.56. The molecule has 0 spiro atoms. The smallest absolute Gasteiger partial charge is 0.0469 e. The molecule has 0 aliphatic rings. The van der Waals surface area contributed by atoms with Gasteiger partial charge in [0.1, 0.15) is 0 Å². The molecule has 1 atom stereocenters. The van der Waals surface area contributed by atoms with Crippen LogP contribution in [-0.2, 0) is 0 Å². The minimum Gasteiger partial charge on any atom is -0.369 e. The zero-order valence-corrected chi connectivity index (χ0v) is 16.4. The van der Waals surface area contributed by atoms with E-state index in [9.17, 15) is 0 Å². The van der Waals surface area contributed by atoms with E-state index in [-0.39, 0.29) is 0 Å². The van der Waals surface area contributed by atoms with Crippen LogP contribution in [0, 0.1) is 0 Å². The topological polar surface area (TPSA) is 31.1 Å². The molecule has 0 aliphatic carbocycles. The van der Waals surface area contributed by atoms with E-state index in [4.69, 9.17) is 0 Å². The van der Waals surface area contributed by atoms with Crippen LogP contribution in [0.3, 0.4) is 0 Å². The van der Waals surface area contributed by atoms with Gasteiger partial charge in [-0.05, 0) is 70.1 Å². The third kappa shape index (κ3) is 2.90. The van der Waals surface area contributed by atoms with Gasteiger partial charge < -0.3 is 15.0 Å². The van der Waals surface area contributed by atoms with Crippen molar-refractivity contribution in [3.63, 3.8) is 0 Å². The minimum atomic E-state index is 1.08. The third-order valence-corrected chi connectivity index (χ3v) is 5.37. The Bertz CT molecular complexity index is 1210. The second-order valence-electron chi connectivity index (χ2n) is 6.77. The van der Waals surface area contributed by atoms with Crippen molar-refractivity contribution in [3.8, 4) is 0 Å². The van der Waals surface area contributed by atoms with Gasteiger partial charge in [0.05, 0.1) is 0 Å². The number of nitrogens with one attached hydrogen (secondary N) is 2. The second-order valence-corrected chi connectivity index (χ2v) is 7.05. The predicted molar refractivity (Wildman–Crippen MR) is 124 cm³/mol. The quantitative estimate of drug-likeness (QED) is 0.329. The molecule has 3 nitrogen and oxygen atoms in total.